The van der Waals surface area contributed by atoms with Crippen molar-refractivity contribution in [2.45, 2.75) is 26.5 Å². The number of rotatable bonds is 7. The molecule has 3 rings (SSSR count). The number of hydrogen-bond acceptors (Lipinski definition) is 4. The number of nitrogens with one attached hydrogen (secondary N) is 1. The maximum atomic E-state index is 12.9. The number of urea groups is 1. The second kappa shape index (κ2) is 9.18. The van der Waals surface area contributed by atoms with Crippen molar-refractivity contribution in [3.05, 3.63) is 60.3 Å². The van der Waals surface area contributed by atoms with E-state index in [1.54, 1.807) is 41.3 Å². The second-order valence-corrected chi connectivity index (χ2v) is 6.37. The smallest absolute Gasteiger partial charge is 0.387 e. The van der Waals surface area contributed by atoms with Crippen LogP contribution in [0.3, 0.4) is 0 Å². The van der Waals surface area contributed by atoms with Crippen LogP contribution in [-0.4, -0.2) is 34.2 Å². The lowest BCUT2D eigenvalue weighted by Gasteiger charge is -2.23. The standard InChI is InChI=1S/C21H21F2N3O3/c1-2-12-26(13-14-6-3-4-8-17(14)27)21(28)25-16-9-10-18(29-20(22)23)19-15(16)7-5-11-24-19/h3-11,20,27H,2,12-13H2,1H3,(H,25,28). The average molecular weight is 401 g/mol. The summed E-state index contributed by atoms with van der Waals surface area (Å²) in [4.78, 5) is 18.6. The molecular weight excluding hydrogens is 380 g/mol. The van der Waals surface area contributed by atoms with E-state index in [2.05, 4.69) is 15.0 Å². The van der Waals surface area contributed by atoms with E-state index in [1.807, 2.05) is 6.92 Å². The minimum atomic E-state index is -2.97. The zero-order chi connectivity index (χ0) is 20.8. The first-order valence-electron chi connectivity index (χ1n) is 9.15. The third-order valence-corrected chi connectivity index (χ3v) is 4.32. The van der Waals surface area contributed by atoms with E-state index in [9.17, 15) is 18.7 Å². The fraction of sp³-hybridized carbons (Fsp3) is 0.238. The maximum Gasteiger partial charge on any atom is 0.387 e. The van der Waals surface area contributed by atoms with Crippen LogP contribution in [-0.2, 0) is 6.54 Å². The summed E-state index contributed by atoms with van der Waals surface area (Å²) >= 11 is 0. The van der Waals surface area contributed by atoms with Gasteiger partial charge in [-0.3, -0.25) is 4.98 Å². The average Bonchev–Trinajstić information content (AvgIpc) is 2.70. The Morgan fingerprint density at radius 3 is 2.72 bits per heavy atom. The van der Waals surface area contributed by atoms with E-state index >= 15 is 0 Å². The van der Waals surface area contributed by atoms with Gasteiger partial charge in [-0.05, 0) is 36.8 Å². The number of halogens is 2. The number of nitrogens with zero attached hydrogens (tertiary/aromatic N) is 2. The largest absolute Gasteiger partial charge is 0.508 e. The summed E-state index contributed by atoms with van der Waals surface area (Å²) in [6.45, 7) is -0.321. The zero-order valence-electron chi connectivity index (χ0n) is 15.8. The Labute approximate surface area is 166 Å². The van der Waals surface area contributed by atoms with E-state index in [1.165, 1.54) is 18.3 Å². The number of aromatic nitrogens is 1. The molecule has 6 nitrogen and oxygen atoms in total. The number of fused-ring (bicyclic) bond motifs is 1. The van der Waals surface area contributed by atoms with Crippen LogP contribution in [0.4, 0.5) is 19.3 Å². The Hall–Kier alpha value is -3.42. The van der Waals surface area contributed by atoms with Gasteiger partial charge in [0.05, 0.1) is 12.2 Å². The third-order valence-electron chi connectivity index (χ3n) is 4.32. The molecule has 0 aliphatic carbocycles. The molecule has 0 saturated heterocycles. The molecule has 1 heterocycles. The van der Waals surface area contributed by atoms with Gasteiger partial charge < -0.3 is 20.1 Å². The molecule has 8 heteroatoms. The molecule has 29 heavy (non-hydrogen) atoms. The fourth-order valence-electron chi connectivity index (χ4n) is 3.01. The van der Waals surface area contributed by atoms with E-state index in [0.717, 1.165) is 6.42 Å². The van der Waals surface area contributed by atoms with Gasteiger partial charge in [0.1, 0.15) is 11.3 Å². The van der Waals surface area contributed by atoms with Gasteiger partial charge in [0, 0.05) is 23.7 Å². The molecule has 0 saturated carbocycles. The first-order valence-corrected chi connectivity index (χ1v) is 9.15. The molecule has 0 fully saturated rings. The van der Waals surface area contributed by atoms with Crippen molar-refractivity contribution in [3.63, 3.8) is 0 Å². The van der Waals surface area contributed by atoms with Crippen molar-refractivity contribution in [1.29, 1.82) is 0 Å². The fourth-order valence-corrected chi connectivity index (χ4v) is 3.01. The van der Waals surface area contributed by atoms with Crippen molar-refractivity contribution >= 4 is 22.6 Å². The Morgan fingerprint density at radius 1 is 1.21 bits per heavy atom. The van der Waals surface area contributed by atoms with Crippen LogP contribution >= 0.6 is 0 Å². The van der Waals surface area contributed by atoms with Gasteiger partial charge in [0.15, 0.2) is 5.75 Å². The lowest BCUT2D eigenvalue weighted by atomic mass is 10.1. The molecule has 2 amide bonds. The number of alkyl halides is 2. The van der Waals surface area contributed by atoms with Crippen LogP contribution < -0.4 is 10.1 Å². The van der Waals surface area contributed by atoms with Crippen LogP contribution in [0.25, 0.3) is 10.9 Å². The van der Waals surface area contributed by atoms with Crippen molar-refractivity contribution in [3.8, 4) is 11.5 Å². The summed E-state index contributed by atoms with van der Waals surface area (Å²) < 4.78 is 29.8. The van der Waals surface area contributed by atoms with Gasteiger partial charge in [0.2, 0.25) is 0 Å². The number of amides is 2. The predicted octanol–water partition coefficient (Wildman–Crippen LogP) is 4.99. The highest BCUT2D eigenvalue weighted by Crippen LogP contribution is 2.31. The molecule has 0 unspecified atom stereocenters. The summed E-state index contributed by atoms with van der Waals surface area (Å²) in [6.07, 6.45) is 2.19. The number of benzene rings is 2. The zero-order valence-corrected chi connectivity index (χ0v) is 15.8. The van der Waals surface area contributed by atoms with Gasteiger partial charge >= 0.3 is 12.6 Å². The number of pyridine rings is 1. The topological polar surface area (TPSA) is 74.7 Å². The molecule has 0 bridgehead atoms. The van der Waals surface area contributed by atoms with Crippen molar-refractivity contribution in [2.75, 3.05) is 11.9 Å². The number of para-hydroxylation sites is 1. The number of hydrogen-bond donors (Lipinski definition) is 2. The highest BCUT2D eigenvalue weighted by molar-refractivity contribution is 6.02. The van der Waals surface area contributed by atoms with E-state index in [-0.39, 0.29) is 29.6 Å². The van der Waals surface area contributed by atoms with Crippen LogP contribution in [0, 0.1) is 0 Å². The van der Waals surface area contributed by atoms with Gasteiger partial charge in [-0.15, -0.1) is 0 Å². The van der Waals surface area contributed by atoms with Gasteiger partial charge in [-0.1, -0.05) is 25.1 Å². The molecule has 0 radical (unpaired) electrons. The minimum absolute atomic E-state index is 0.0618. The van der Waals surface area contributed by atoms with Crippen LogP contribution in [0.15, 0.2) is 54.7 Å². The summed E-state index contributed by atoms with van der Waals surface area (Å²) in [6, 6.07) is 12.6. The van der Waals surface area contributed by atoms with E-state index < -0.39 is 6.61 Å². The van der Waals surface area contributed by atoms with E-state index in [0.29, 0.717) is 23.2 Å². The van der Waals surface area contributed by atoms with Gasteiger partial charge in [-0.2, -0.15) is 8.78 Å². The highest BCUT2D eigenvalue weighted by Gasteiger charge is 2.18. The molecule has 0 atom stereocenters. The number of carbonyl (C=O) groups excluding carboxylic acids is 1. The Morgan fingerprint density at radius 2 is 2.00 bits per heavy atom. The lowest BCUT2D eigenvalue weighted by Crippen LogP contribution is -2.35. The van der Waals surface area contributed by atoms with Crippen LogP contribution in [0.1, 0.15) is 18.9 Å². The number of phenolic OH excluding ortho intramolecular Hbond substituents is 1. The van der Waals surface area contributed by atoms with Crippen molar-refractivity contribution in [1.82, 2.24) is 9.88 Å². The molecule has 3 aromatic rings. The van der Waals surface area contributed by atoms with Crippen LogP contribution in [0.5, 0.6) is 11.5 Å². The summed E-state index contributed by atoms with van der Waals surface area (Å²) in [5, 5.41) is 13.3. The number of ether oxygens (including phenoxy) is 1. The number of carbonyl (C=O) groups is 1. The predicted molar refractivity (Wildman–Crippen MR) is 106 cm³/mol. The molecule has 152 valence electrons. The minimum Gasteiger partial charge on any atom is -0.508 e. The summed E-state index contributed by atoms with van der Waals surface area (Å²) in [7, 11) is 0. The lowest BCUT2D eigenvalue weighted by molar-refractivity contribution is -0.0489. The maximum absolute atomic E-state index is 12.9. The molecular formula is C21H21F2N3O3. The molecule has 0 aliphatic rings. The molecule has 1 aromatic heterocycles. The quantitative estimate of drug-likeness (QED) is 0.585. The van der Waals surface area contributed by atoms with Crippen molar-refractivity contribution in [2.24, 2.45) is 0 Å². The van der Waals surface area contributed by atoms with E-state index in [4.69, 9.17) is 0 Å². The Balaban J connectivity index is 1.86. The molecule has 2 N–H and O–H groups in total. The summed E-state index contributed by atoms with van der Waals surface area (Å²) in [5.74, 6) is 0.0535. The monoisotopic (exact) mass is 401 g/mol. The van der Waals surface area contributed by atoms with Gasteiger partial charge in [-0.25, -0.2) is 4.79 Å². The van der Waals surface area contributed by atoms with Crippen molar-refractivity contribution < 1.29 is 23.4 Å². The number of anilines is 1. The SMILES string of the molecule is CCCN(Cc1ccccc1O)C(=O)Nc1ccc(OC(F)F)c2ncccc12. The number of phenols is 1. The van der Waals surface area contributed by atoms with Crippen LogP contribution in [0.2, 0.25) is 0 Å². The number of aromatic hydroxyl groups is 1. The normalized spacial score (nSPS) is 10.9. The summed E-state index contributed by atoms with van der Waals surface area (Å²) in [5.41, 5.74) is 1.29. The first kappa shape index (κ1) is 20.3. The van der Waals surface area contributed by atoms with Gasteiger partial charge in [0.25, 0.3) is 0 Å². The second-order valence-electron chi connectivity index (χ2n) is 6.37. The Bertz CT molecular complexity index is 998. The first-order chi connectivity index (χ1) is 14.0. The molecule has 0 aliphatic heterocycles. The highest BCUT2D eigenvalue weighted by atomic mass is 19.3. The molecule has 0 spiro atoms. The molecule has 2 aromatic carbocycles. The Kier molecular flexibility index (Phi) is 6.43. The third kappa shape index (κ3) is 4.90.